The van der Waals surface area contributed by atoms with Gasteiger partial charge in [-0.3, -0.25) is 0 Å². The van der Waals surface area contributed by atoms with Crippen LogP contribution in [-0.4, -0.2) is 24.4 Å². The molecule has 4 heteroatoms. The van der Waals surface area contributed by atoms with Crippen molar-refractivity contribution in [3.63, 3.8) is 0 Å². The molecule has 0 saturated heterocycles. The molecule has 1 aliphatic rings. The average molecular weight is 444 g/mol. The van der Waals surface area contributed by atoms with Crippen molar-refractivity contribution in [2.75, 3.05) is 13.7 Å². The predicted molar refractivity (Wildman–Crippen MR) is 85.8 cm³/mol. The summed E-state index contributed by atoms with van der Waals surface area (Å²) < 4.78 is 9.01. The van der Waals surface area contributed by atoms with E-state index in [4.69, 9.17) is 4.74 Å². The van der Waals surface area contributed by atoms with Crippen LogP contribution in [0.4, 0.5) is 5.69 Å². The third kappa shape index (κ3) is 3.06. The Labute approximate surface area is 143 Å². The number of fused-ring (bicyclic) bond motifs is 1. The van der Waals surface area contributed by atoms with Gasteiger partial charge in [0, 0.05) is 22.1 Å². The van der Waals surface area contributed by atoms with Gasteiger partial charge in [-0.2, -0.15) is 4.58 Å². The molecule has 2 aromatic rings. The first-order valence-electron chi connectivity index (χ1n) is 6.31. The minimum absolute atomic E-state index is 0. The van der Waals surface area contributed by atoms with Crippen molar-refractivity contribution in [1.82, 2.24) is 0 Å². The number of nitrogens with zero attached hydrogens (tertiary/aromatic N) is 1. The van der Waals surface area contributed by atoms with Crippen molar-refractivity contribution in [3.05, 3.63) is 57.2 Å². The van der Waals surface area contributed by atoms with E-state index in [1.54, 1.807) is 7.11 Å². The normalized spacial score (nSPS) is 13.0. The lowest BCUT2D eigenvalue weighted by Gasteiger charge is -2.14. The summed E-state index contributed by atoms with van der Waals surface area (Å²) in [7, 11) is 1.73. The SMILES string of the molecule is COc1cccc2c1C=[N+](c1ccc(I)cc1)CC2.[Br-]. The molecule has 1 aliphatic heterocycles. The van der Waals surface area contributed by atoms with Crippen LogP contribution in [-0.2, 0) is 6.42 Å². The van der Waals surface area contributed by atoms with Crippen LogP contribution in [0.15, 0.2) is 42.5 Å². The molecule has 0 atom stereocenters. The van der Waals surface area contributed by atoms with Gasteiger partial charge in [-0.1, -0.05) is 12.1 Å². The molecule has 0 unspecified atom stereocenters. The van der Waals surface area contributed by atoms with Gasteiger partial charge in [0.05, 0.1) is 12.7 Å². The fourth-order valence-electron chi connectivity index (χ4n) is 2.43. The summed E-state index contributed by atoms with van der Waals surface area (Å²) in [5.41, 5.74) is 3.80. The van der Waals surface area contributed by atoms with Crippen LogP contribution >= 0.6 is 22.6 Å². The van der Waals surface area contributed by atoms with E-state index in [1.807, 2.05) is 6.07 Å². The van der Waals surface area contributed by atoms with E-state index < -0.39 is 0 Å². The molecule has 0 spiro atoms. The highest BCUT2D eigenvalue weighted by Crippen LogP contribution is 2.25. The zero-order valence-electron chi connectivity index (χ0n) is 11.1. The highest BCUT2D eigenvalue weighted by molar-refractivity contribution is 14.1. The van der Waals surface area contributed by atoms with Gasteiger partial charge < -0.3 is 21.7 Å². The Balaban J connectivity index is 0.00000147. The molecule has 104 valence electrons. The van der Waals surface area contributed by atoms with Crippen molar-refractivity contribution in [3.8, 4) is 5.75 Å². The zero-order valence-corrected chi connectivity index (χ0v) is 14.9. The van der Waals surface area contributed by atoms with Crippen molar-refractivity contribution in [2.24, 2.45) is 0 Å². The first-order valence-corrected chi connectivity index (χ1v) is 7.39. The molecule has 0 N–H and O–H groups in total. The van der Waals surface area contributed by atoms with Crippen molar-refractivity contribution >= 4 is 34.5 Å². The summed E-state index contributed by atoms with van der Waals surface area (Å²) in [5.74, 6) is 0.952. The minimum atomic E-state index is 0. The van der Waals surface area contributed by atoms with Gasteiger partial charge in [-0.15, -0.1) is 0 Å². The third-order valence-electron chi connectivity index (χ3n) is 3.44. The Bertz CT molecular complexity index is 637. The lowest BCUT2D eigenvalue weighted by molar-refractivity contribution is -0.436. The van der Waals surface area contributed by atoms with Gasteiger partial charge in [0.2, 0.25) is 5.69 Å². The largest absolute Gasteiger partial charge is 1.00 e. The lowest BCUT2D eigenvalue weighted by Crippen LogP contribution is -3.00. The second-order valence-electron chi connectivity index (χ2n) is 4.58. The van der Waals surface area contributed by atoms with Gasteiger partial charge in [0.1, 0.15) is 5.75 Å². The van der Waals surface area contributed by atoms with E-state index >= 15 is 0 Å². The lowest BCUT2D eigenvalue weighted by atomic mass is 10.0. The number of methoxy groups -OCH3 is 1. The quantitative estimate of drug-likeness (QED) is 0.489. The van der Waals surface area contributed by atoms with Crippen LogP contribution in [0.5, 0.6) is 5.75 Å². The maximum Gasteiger partial charge on any atom is 0.205 e. The topological polar surface area (TPSA) is 12.2 Å². The Morgan fingerprint density at radius 1 is 1.10 bits per heavy atom. The van der Waals surface area contributed by atoms with Crippen LogP contribution in [0, 0.1) is 3.57 Å². The van der Waals surface area contributed by atoms with E-state index in [-0.39, 0.29) is 17.0 Å². The Morgan fingerprint density at radius 2 is 1.85 bits per heavy atom. The molecule has 1 heterocycles. The van der Waals surface area contributed by atoms with Crippen LogP contribution in [0.2, 0.25) is 0 Å². The Kier molecular flexibility index (Phi) is 5.21. The predicted octanol–water partition coefficient (Wildman–Crippen LogP) is 0.623. The molecule has 20 heavy (non-hydrogen) atoms. The second-order valence-corrected chi connectivity index (χ2v) is 5.83. The van der Waals surface area contributed by atoms with Crippen LogP contribution in [0.25, 0.3) is 0 Å². The first-order chi connectivity index (χ1) is 9.28. The summed E-state index contributed by atoms with van der Waals surface area (Å²) in [4.78, 5) is 0. The molecule has 2 nitrogen and oxygen atoms in total. The van der Waals surface area contributed by atoms with Gasteiger partial charge in [0.15, 0.2) is 12.8 Å². The summed E-state index contributed by atoms with van der Waals surface area (Å²) >= 11 is 2.33. The molecule has 0 radical (unpaired) electrons. The smallest absolute Gasteiger partial charge is 0.205 e. The maximum atomic E-state index is 5.46. The monoisotopic (exact) mass is 443 g/mol. The van der Waals surface area contributed by atoms with E-state index in [2.05, 4.69) is 69.8 Å². The fourth-order valence-corrected chi connectivity index (χ4v) is 2.79. The number of rotatable bonds is 2. The molecule has 0 aromatic heterocycles. The number of benzene rings is 2. The maximum absolute atomic E-state index is 5.46. The highest BCUT2D eigenvalue weighted by Gasteiger charge is 2.20. The first kappa shape index (κ1) is 15.5. The van der Waals surface area contributed by atoms with E-state index in [9.17, 15) is 0 Å². The number of halogens is 2. The molecule has 0 bridgehead atoms. The standard InChI is InChI=1S/C16H15INO.BrH/c1-19-16-4-2-3-12-9-10-18(11-15(12)16)14-7-5-13(17)6-8-14;/h2-8,11H,9-10H2,1H3;1H/q+1;/p-1. The molecule has 0 fully saturated rings. The number of hydrogen-bond donors (Lipinski definition) is 0. The third-order valence-corrected chi connectivity index (χ3v) is 4.16. The number of hydrogen-bond acceptors (Lipinski definition) is 1. The minimum Gasteiger partial charge on any atom is -1.00 e. The van der Waals surface area contributed by atoms with Crippen molar-refractivity contribution in [2.45, 2.75) is 6.42 Å². The molecule has 0 saturated carbocycles. The van der Waals surface area contributed by atoms with E-state index in [0.29, 0.717) is 0 Å². The summed E-state index contributed by atoms with van der Waals surface area (Å²) in [6.45, 7) is 1.01. The van der Waals surface area contributed by atoms with Gasteiger partial charge >= 0.3 is 0 Å². The van der Waals surface area contributed by atoms with Crippen LogP contribution in [0.3, 0.4) is 0 Å². The molecule has 3 rings (SSSR count). The van der Waals surface area contributed by atoms with Crippen LogP contribution < -0.4 is 21.7 Å². The molecular formula is C16H15BrINO. The van der Waals surface area contributed by atoms with Gasteiger partial charge in [-0.05, 0) is 46.4 Å². The Hall–Kier alpha value is -0.880. The average Bonchev–Trinajstić information content (AvgIpc) is 2.47. The number of ether oxygens (including phenoxy) is 1. The van der Waals surface area contributed by atoms with E-state index in [1.165, 1.54) is 20.4 Å². The summed E-state index contributed by atoms with van der Waals surface area (Å²) in [5, 5.41) is 0. The van der Waals surface area contributed by atoms with Crippen molar-refractivity contribution < 1.29 is 26.3 Å². The fraction of sp³-hybridized carbons (Fsp3) is 0.188. The molecule has 2 aromatic carbocycles. The van der Waals surface area contributed by atoms with Crippen molar-refractivity contribution in [1.29, 1.82) is 0 Å². The molecule has 0 aliphatic carbocycles. The van der Waals surface area contributed by atoms with E-state index in [0.717, 1.165) is 18.7 Å². The van der Waals surface area contributed by atoms with Gasteiger partial charge in [-0.25, -0.2) is 0 Å². The highest BCUT2D eigenvalue weighted by atomic mass is 127. The molecular weight excluding hydrogens is 429 g/mol. The Morgan fingerprint density at radius 3 is 2.55 bits per heavy atom. The summed E-state index contributed by atoms with van der Waals surface area (Å²) in [6, 6.07) is 14.9. The summed E-state index contributed by atoms with van der Waals surface area (Å²) in [6.07, 6.45) is 3.24. The van der Waals surface area contributed by atoms with Gasteiger partial charge in [0.25, 0.3) is 0 Å². The second kappa shape index (κ2) is 6.72. The molecule has 0 amide bonds. The van der Waals surface area contributed by atoms with Crippen LogP contribution in [0.1, 0.15) is 11.1 Å². The zero-order chi connectivity index (χ0) is 13.2.